The number of carboxylic acids is 1. The number of hydrogen-bond acceptors (Lipinski definition) is 4. The zero-order valence-corrected chi connectivity index (χ0v) is 14.6. The zero-order chi connectivity index (χ0) is 17.7. The van der Waals surface area contributed by atoms with Gasteiger partial charge in [0.2, 0.25) is 0 Å². The van der Waals surface area contributed by atoms with E-state index >= 15 is 0 Å². The van der Waals surface area contributed by atoms with Crippen molar-refractivity contribution in [2.24, 2.45) is 0 Å². The van der Waals surface area contributed by atoms with E-state index in [1.807, 2.05) is 18.2 Å². The highest BCUT2D eigenvalue weighted by atomic mass is 32.2. The highest BCUT2D eigenvalue weighted by Gasteiger charge is 2.27. The molecule has 0 fully saturated rings. The van der Waals surface area contributed by atoms with E-state index in [1.54, 1.807) is 12.1 Å². The number of nitrogens with one attached hydrogen (secondary N) is 1. The van der Waals surface area contributed by atoms with Gasteiger partial charge in [-0.05, 0) is 36.9 Å². The maximum absolute atomic E-state index is 12.8. The lowest BCUT2D eigenvalue weighted by molar-refractivity contribution is -0.137. The van der Waals surface area contributed by atoms with Crippen LogP contribution in [0.15, 0.2) is 41.3 Å². The number of aliphatic carboxylic acids is 1. The second-order valence-corrected chi connectivity index (χ2v) is 7.33. The monoisotopic (exact) mass is 350 g/mol. The molecular weight excluding hydrogens is 328 g/mol. The maximum atomic E-state index is 12.8. The van der Waals surface area contributed by atoms with Crippen molar-refractivity contribution in [2.45, 2.75) is 31.1 Å². The highest BCUT2D eigenvalue weighted by molar-refractivity contribution is 7.89. The fraction of sp³-hybridized carbons (Fsp3) is 0.353. The van der Waals surface area contributed by atoms with E-state index in [2.05, 4.69) is 12.3 Å². The molecule has 0 spiro atoms. The molecule has 0 amide bonds. The number of carboxylic acid groups (broad SMARTS) is 1. The summed E-state index contributed by atoms with van der Waals surface area (Å²) in [6, 6.07) is 10.7. The van der Waals surface area contributed by atoms with Crippen molar-refractivity contribution in [1.29, 1.82) is 0 Å². The lowest BCUT2D eigenvalue weighted by atomic mass is 10.0. The average molecular weight is 350 g/mol. The van der Waals surface area contributed by atoms with Crippen LogP contribution in [0.4, 0.5) is 0 Å². The number of fused-ring (bicyclic) bond motifs is 1. The third-order valence-corrected chi connectivity index (χ3v) is 5.67. The molecule has 0 heterocycles. The van der Waals surface area contributed by atoms with Gasteiger partial charge < -0.3 is 5.11 Å². The highest BCUT2D eigenvalue weighted by Crippen LogP contribution is 2.28. The van der Waals surface area contributed by atoms with Gasteiger partial charge in [-0.2, -0.15) is 0 Å². The van der Waals surface area contributed by atoms with Gasteiger partial charge in [-0.25, -0.2) is 13.8 Å². The van der Waals surface area contributed by atoms with E-state index in [0.717, 1.165) is 34.6 Å². The smallest absolute Gasteiger partial charge is 0.320 e. The van der Waals surface area contributed by atoms with Crippen molar-refractivity contribution >= 4 is 26.8 Å². The molecule has 0 aromatic heterocycles. The van der Waals surface area contributed by atoms with E-state index in [4.69, 9.17) is 5.11 Å². The van der Waals surface area contributed by atoms with Crippen LogP contribution in [0.25, 0.3) is 10.8 Å². The summed E-state index contributed by atoms with van der Waals surface area (Å²) >= 11 is 0. The van der Waals surface area contributed by atoms with Crippen LogP contribution in [0.3, 0.4) is 0 Å². The predicted octanol–water partition coefficient (Wildman–Crippen LogP) is 2.39. The zero-order valence-electron chi connectivity index (χ0n) is 13.8. The number of carbonyl (C=O) groups is 1. The van der Waals surface area contributed by atoms with Crippen molar-refractivity contribution in [1.82, 2.24) is 9.84 Å². The minimum atomic E-state index is -3.97. The van der Waals surface area contributed by atoms with Gasteiger partial charge in [-0.3, -0.25) is 4.79 Å². The number of hydrogen-bond donors (Lipinski definition) is 2. The summed E-state index contributed by atoms with van der Waals surface area (Å²) in [6.07, 6.45) is 2.96. The normalized spacial score (nSPS) is 12.0. The van der Waals surface area contributed by atoms with Crippen molar-refractivity contribution < 1.29 is 18.3 Å². The molecule has 0 atom stereocenters. The maximum Gasteiger partial charge on any atom is 0.320 e. The first kappa shape index (κ1) is 18.4. The lowest BCUT2D eigenvalue weighted by Gasteiger charge is -2.20. The Morgan fingerprint density at radius 3 is 2.46 bits per heavy atom. The van der Waals surface area contributed by atoms with Crippen LogP contribution in [0.5, 0.6) is 0 Å². The van der Waals surface area contributed by atoms with Gasteiger partial charge in [0.1, 0.15) is 6.54 Å². The third-order valence-electron chi connectivity index (χ3n) is 3.87. The van der Waals surface area contributed by atoms with E-state index in [1.165, 1.54) is 13.1 Å². The van der Waals surface area contributed by atoms with E-state index in [9.17, 15) is 13.2 Å². The Bertz CT molecular complexity index is 834. The van der Waals surface area contributed by atoms with Crippen LogP contribution in [-0.2, 0) is 21.2 Å². The fourth-order valence-electron chi connectivity index (χ4n) is 2.68. The number of rotatable bonds is 8. The van der Waals surface area contributed by atoms with Gasteiger partial charge in [-0.15, -0.1) is 4.41 Å². The molecule has 2 rings (SSSR count). The van der Waals surface area contributed by atoms with Crippen LogP contribution in [0.2, 0.25) is 0 Å². The van der Waals surface area contributed by atoms with Crippen LogP contribution >= 0.6 is 0 Å². The Morgan fingerprint density at radius 1 is 1.17 bits per heavy atom. The van der Waals surface area contributed by atoms with Crippen LogP contribution in [0.1, 0.15) is 25.3 Å². The molecule has 6 nitrogen and oxygen atoms in total. The van der Waals surface area contributed by atoms with Crippen molar-refractivity contribution in [3.8, 4) is 0 Å². The molecule has 0 aliphatic rings. The van der Waals surface area contributed by atoms with Gasteiger partial charge >= 0.3 is 5.97 Å². The summed E-state index contributed by atoms with van der Waals surface area (Å²) in [6.45, 7) is 1.46. The van der Waals surface area contributed by atoms with Gasteiger partial charge in [0.25, 0.3) is 10.0 Å². The molecule has 2 N–H and O–H groups in total. The molecule has 24 heavy (non-hydrogen) atoms. The van der Waals surface area contributed by atoms with Gasteiger partial charge in [0.05, 0.1) is 4.90 Å². The molecule has 0 saturated carbocycles. The summed E-state index contributed by atoms with van der Waals surface area (Å²) in [5.41, 5.74) is 3.55. The quantitative estimate of drug-likeness (QED) is 0.714. The van der Waals surface area contributed by atoms with Crippen molar-refractivity contribution in [3.63, 3.8) is 0 Å². The molecule has 2 aromatic rings. The number of unbranched alkanes of at least 4 members (excludes halogenated alkanes) is 1. The second kappa shape index (κ2) is 7.74. The Kier molecular flexibility index (Phi) is 5.93. The standard InChI is InChI=1S/C17H22N2O4S/c1-3-4-7-13-8-5-10-15-14(13)9-6-11-16(15)24(22,23)19(18-2)12-17(20)21/h5-6,8-11,18H,3-4,7,12H2,1-2H3,(H,20,21). The number of hydrazine groups is 1. The minimum Gasteiger partial charge on any atom is -0.480 e. The molecule has 0 aliphatic heterocycles. The average Bonchev–Trinajstić information content (AvgIpc) is 2.56. The summed E-state index contributed by atoms with van der Waals surface area (Å²) in [5.74, 6) is -1.23. The summed E-state index contributed by atoms with van der Waals surface area (Å²) < 4.78 is 26.4. The van der Waals surface area contributed by atoms with Gasteiger partial charge in [0, 0.05) is 5.39 Å². The molecule has 0 saturated heterocycles. The molecule has 130 valence electrons. The molecule has 2 aromatic carbocycles. The predicted molar refractivity (Wildman–Crippen MR) is 93.1 cm³/mol. The molecule has 0 radical (unpaired) electrons. The SMILES string of the molecule is CCCCc1cccc2c(S(=O)(=O)N(CC(=O)O)NC)cccc12. The van der Waals surface area contributed by atoms with E-state index in [-0.39, 0.29) is 4.90 Å². The van der Waals surface area contributed by atoms with Crippen molar-refractivity contribution in [3.05, 3.63) is 42.0 Å². The van der Waals surface area contributed by atoms with Crippen LogP contribution < -0.4 is 5.43 Å². The summed E-state index contributed by atoms with van der Waals surface area (Å²) in [5, 5.41) is 10.4. The Morgan fingerprint density at radius 2 is 1.83 bits per heavy atom. The number of benzene rings is 2. The van der Waals surface area contributed by atoms with Gasteiger partial charge in [0.15, 0.2) is 0 Å². The molecule has 0 bridgehead atoms. The number of nitrogens with zero attached hydrogens (tertiary/aromatic N) is 1. The number of aryl methyl sites for hydroxylation is 1. The second-order valence-electron chi connectivity index (χ2n) is 5.50. The topological polar surface area (TPSA) is 86.7 Å². The fourth-order valence-corrected chi connectivity index (χ4v) is 4.15. The third kappa shape index (κ3) is 3.75. The first-order valence-electron chi connectivity index (χ1n) is 7.84. The molecule has 0 unspecified atom stereocenters. The van der Waals surface area contributed by atoms with Gasteiger partial charge in [-0.1, -0.05) is 43.7 Å². The molecular formula is C17H22N2O4S. The summed E-state index contributed by atoms with van der Waals surface area (Å²) in [7, 11) is -2.58. The van der Waals surface area contributed by atoms with E-state index in [0.29, 0.717) is 5.39 Å². The molecule has 0 aliphatic carbocycles. The van der Waals surface area contributed by atoms with Crippen LogP contribution in [0, 0.1) is 0 Å². The minimum absolute atomic E-state index is 0.106. The Balaban J connectivity index is 2.58. The summed E-state index contributed by atoms with van der Waals surface area (Å²) in [4.78, 5) is 11.0. The first-order chi connectivity index (χ1) is 11.4. The largest absolute Gasteiger partial charge is 0.480 e. The van der Waals surface area contributed by atoms with Crippen LogP contribution in [-0.4, -0.2) is 37.5 Å². The Labute approximate surface area is 142 Å². The number of sulfonamides is 1. The lowest BCUT2D eigenvalue weighted by Crippen LogP contribution is -2.43. The first-order valence-corrected chi connectivity index (χ1v) is 9.28. The molecule has 7 heteroatoms. The Hall–Kier alpha value is -1.96. The van der Waals surface area contributed by atoms with E-state index < -0.39 is 22.5 Å². The van der Waals surface area contributed by atoms with Crippen molar-refractivity contribution in [2.75, 3.05) is 13.6 Å².